The average Bonchev–Trinajstić information content (AvgIpc) is 2.89. The molecule has 0 spiro atoms. The topological polar surface area (TPSA) is 69.6 Å². The van der Waals surface area contributed by atoms with E-state index in [-0.39, 0.29) is 11.3 Å². The molecular formula is C14H11F2N5S. The number of nitrogens with zero attached hydrogens (tertiary/aromatic N) is 4. The first kappa shape index (κ1) is 14.5. The molecule has 22 heavy (non-hydrogen) atoms. The van der Waals surface area contributed by atoms with Gasteiger partial charge < -0.3 is 5.84 Å². The Kier molecular flexibility index (Phi) is 4.01. The number of pyridine rings is 1. The van der Waals surface area contributed by atoms with E-state index in [0.717, 1.165) is 17.3 Å². The molecule has 0 aliphatic rings. The summed E-state index contributed by atoms with van der Waals surface area (Å²) in [7, 11) is 0. The van der Waals surface area contributed by atoms with Crippen LogP contribution in [0.15, 0.2) is 47.9 Å². The Hall–Kier alpha value is -2.48. The Morgan fingerprint density at radius 3 is 2.41 bits per heavy atom. The number of nitrogen functional groups attached to an aromatic ring is 1. The highest BCUT2D eigenvalue weighted by molar-refractivity contribution is 7.98. The smallest absolute Gasteiger partial charge is 0.210 e. The number of thioether (sulfide) groups is 1. The van der Waals surface area contributed by atoms with Crippen LogP contribution in [-0.4, -0.2) is 19.9 Å². The molecule has 0 radical (unpaired) electrons. The van der Waals surface area contributed by atoms with Gasteiger partial charge in [0.25, 0.3) is 0 Å². The third-order valence-corrected chi connectivity index (χ3v) is 3.98. The Morgan fingerprint density at radius 1 is 1.05 bits per heavy atom. The van der Waals surface area contributed by atoms with Crippen molar-refractivity contribution < 1.29 is 8.78 Å². The molecule has 3 rings (SSSR count). The van der Waals surface area contributed by atoms with Crippen LogP contribution < -0.4 is 5.84 Å². The van der Waals surface area contributed by atoms with E-state index in [0.29, 0.717) is 11.0 Å². The second-order valence-corrected chi connectivity index (χ2v) is 5.34. The minimum Gasteiger partial charge on any atom is -0.335 e. The van der Waals surface area contributed by atoms with Gasteiger partial charge in [-0.3, -0.25) is 4.98 Å². The van der Waals surface area contributed by atoms with Gasteiger partial charge in [0.1, 0.15) is 11.6 Å². The van der Waals surface area contributed by atoms with Crippen molar-refractivity contribution in [2.75, 3.05) is 5.84 Å². The van der Waals surface area contributed by atoms with Crippen molar-refractivity contribution in [3.8, 4) is 11.4 Å². The van der Waals surface area contributed by atoms with E-state index in [9.17, 15) is 8.78 Å². The molecule has 0 bridgehead atoms. The minimum absolute atomic E-state index is 0.0130. The lowest BCUT2D eigenvalue weighted by molar-refractivity contribution is 0.566. The summed E-state index contributed by atoms with van der Waals surface area (Å²) in [5, 5.41) is 8.32. The predicted octanol–water partition coefficient (Wildman–Crippen LogP) is 2.62. The van der Waals surface area contributed by atoms with Gasteiger partial charge in [0.15, 0.2) is 5.82 Å². The summed E-state index contributed by atoms with van der Waals surface area (Å²) in [6.07, 6.45) is 3.23. The standard InChI is InChI=1S/C14H11F2N5S/c15-11-2-1-3-12(16)10(11)8-22-14-20-19-13(21(14)17)9-4-6-18-7-5-9/h1-7H,8,17H2. The Bertz CT molecular complexity index is 771. The van der Waals surface area contributed by atoms with Gasteiger partial charge >= 0.3 is 0 Å². The Labute approximate surface area is 129 Å². The molecule has 5 nitrogen and oxygen atoms in total. The van der Waals surface area contributed by atoms with Gasteiger partial charge in [-0.1, -0.05) is 17.8 Å². The van der Waals surface area contributed by atoms with Crippen molar-refractivity contribution in [2.24, 2.45) is 0 Å². The summed E-state index contributed by atoms with van der Waals surface area (Å²) < 4.78 is 28.5. The Balaban J connectivity index is 1.81. The van der Waals surface area contributed by atoms with Crippen LogP contribution in [0.2, 0.25) is 0 Å². The SMILES string of the molecule is Nn1c(SCc2c(F)cccc2F)nnc1-c1ccncc1. The molecule has 0 aliphatic carbocycles. The molecule has 0 aliphatic heterocycles. The fourth-order valence-corrected chi connectivity index (χ4v) is 2.75. The van der Waals surface area contributed by atoms with Crippen LogP contribution in [-0.2, 0) is 5.75 Å². The maximum atomic E-state index is 13.6. The van der Waals surface area contributed by atoms with Gasteiger partial charge in [0.2, 0.25) is 5.16 Å². The number of rotatable bonds is 4. The second-order valence-electron chi connectivity index (χ2n) is 4.40. The fraction of sp³-hybridized carbons (Fsp3) is 0.0714. The molecule has 0 saturated heterocycles. The van der Waals surface area contributed by atoms with Crippen LogP contribution in [0, 0.1) is 11.6 Å². The summed E-state index contributed by atoms with van der Waals surface area (Å²) in [6.45, 7) is 0. The van der Waals surface area contributed by atoms with E-state index in [2.05, 4.69) is 15.2 Å². The molecule has 0 unspecified atom stereocenters. The first-order valence-electron chi connectivity index (χ1n) is 6.33. The van der Waals surface area contributed by atoms with Gasteiger partial charge in [-0.05, 0) is 24.3 Å². The third kappa shape index (κ3) is 2.77. The normalized spacial score (nSPS) is 10.8. The van der Waals surface area contributed by atoms with Gasteiger partial charge in [0, 0.05) is 29.3 Å². The van der Waals surface area contributed by atoms with Crippen LogP contribution in [0.4, 0.5) is 8.78 Å². The molecule has 0 saturated carbocycles. The summed E-state index contributed by atoms with van der Waals surface area (Å²) in [6, 6.07) is 7.26. The van der Waals surface area contributed by atoms with Gasteiger partial charge in [0.05, 0.1) is 0 Å². The molecule has 112 valence electrons. The molecule has 1 aromatic carbocycles. The van der Waals surface area contributed by atoms with Gasteiger partial charge in [-0.25, -0.2) is 13.5 Å². The molecule has 2 heterocycles. The monoisotopic (exact) mass is 319 g/mol. The summed E-state index contributed by atoms with van der Waals surface area (Å²) >= 11 is 1.11. The molecule has 2 aromatic heterocycles. The summed E-state index contributed by atoms with van der Waals surface area (Å²) in [5.41, 5.74) is 0.745. The van der Waals surface area contributed by atoms with Crippen LogP contribution in [0.5, 0.6) is 0 Å². The average molecular weight is 319 g/mol. The molecule has 0 fully saturated rings. The van der Waals surface area contributed by atoms with E-state index in [4.69, 9.17) is 5.84 Å². The molecule has 3 aromatic rings. The van der Waals surface area contributed by atoms with Crippen molar-refractivity contribution in [1.29, 1.82) is 0 Å². The van der Waals surface area contributed by atoms with Crippen molar-refractivity contribution in [1.82, 2.24) is 19.9 Å². The second kappa shape index (κ2) is 6.10. The number of benzene rings is 1. The molecule has 0 atom stereocenters. The highest BCUT2D eigenvalue weighted by atomic mass is 32.2. The van der Waals surface area contributed by atoms with Crippen molar-refractivity contribution >= 4 is 11.8 Å². The number of halogens is 2. The summed E-state index contributed by atoms with van der Waals surface area (Å²) in [4.78, 5) is 3.92. The largest absolute Gasteiger partial charge is 0.335 e. The van der Waals surface area contributed by atoms with Gasteiger partial charge in [-0.15, -0.1) is 10.2 Å². The van der Waals surface area contributed by atoms with Crippen molar-refractivity contribution in [3.05, 3.63) is 59.9 Å². The highest BCUT2D eigenvalue weighted by Crippen LogP contribution is 2.26. The lowest BCUT2D eigenvalue weighted by Gasteiger charge is -2.05. The van der Waals surface area contributed by atoms with Gasteiger partial charge in [-0.2, -0.15) is 0 Å². The number of aromatic nitrogens is 4. The molecule has 0 amide bonds. The minimum atomic E-state index is -0.593. The van der Waals surface area contributed by atoms with Crippen LogP contribution in [0.25, 0.3) is 11.4 Å². The quantitative estimate of drug-likeness (QED) is 0.591. The maximum absolute atomic E-state index is 13.6. The first-order valence-corrected chi connectivity index (χ1v) is 7.32. The van der Waals surface area contributed by atoms with Crippen molar-refractivity contribution in [3.63, 3.8) is 0 Å². The third-order valence-electron chi connectivity index (χ3n) is 3.01. The van der Waals surface area contributed by atoms with E-state index in [1.807, 2.05) is 0 Å². The number of hydrogen-bond donors (Lipinski definition) is 1. The summed E-state index contributed by atoms with van der Waals surface area (Å²) in [5.74, 6) is 5.28. The maximum Gasteiger partial charge on any atom is 0.210 e. The highest BCUT2D eigenvalue weighted by Gasteiger charge is 2.14. The number of hydrogen-bond acceptors (Lipinski definition) is 5. The van der Waals surface area contributed by atoms with E-state index >= 15 is 0 Å². The zero-order valence-electron chi connectivity index (χ0n) is 11.3. The van der Waals surface area contributed by atoms with E-state index in [1.54, 1.807) is 24.5 Å². The van der Waals surface area contributed by atoms with Crippen molar-refractivity contribution in [2.45, 2.75) is 10.9 Å². The zero-order valence-corrected chi connectivity index (χ0v) is 12.1. The zero-order chi connectivity index (χ0) is 15.5. The fourth-order valence-electron chi connectivity index (χ4n) is 1.88. The Morgan fingerprint density at radius 2 is 1.73 bits per heavy atom. The lowest BCUT2D eigenvalue weighted by atomic mass is 10.2. The molecular weight excluding hydrogens is 308 g/mol. The van der Waals surface area contributed by atoms with E-state index in [1.165, 1.54) is 22.9 Å². The van der Waals surface area contributed by atoms with Crippen LogP contribution in [0.3, 0.4) is 0 Å². The number of nitrogens with two attached hydrogens (primary N) is 1. The van der Waals surface area contributed by atoms with Crippen LogP contribution >= 0.6 is 11.8 Å². The van der Waals surface area contributed by atoms with Crippen LogP contribution in [0.1, 0.15) is 5.56 Å². The molecule has 2 N–H and O–H groups in total. The molecule has 8 heteroatoms. The van der Waals surface area contributed by atoms with E-state index < -0.39 is 11.6 Å². The first-order chi connectivity index (χ1) is 10.7. The lowest BCUT2D eigenvalue weighted by Crippen LogP contribution is -2.11. The predicted molar refractivity (Wildman–Crippen MR) is 79.3 cm³/mol.